The van der Waals surface area contributed by atoms with E-state index in [2.05, 4.69) is 58.9 Å². The monoisotopic (exact) mass is 445 g/mol. The molecule has 1 aromatic heterocycles. The molecule has 6 rings (SSSR count). The summed E-state index contributed by atoms with van der Waals surface area (Å²) in [5.74, 6) is 0.318. The first kappa shape index (κ1) is 21.8. The molecule has 176 valence electrons. The predicted molar refractivity (Wildman–Crippen MR) is 131 cm³/mol. The van der Waals surface area contributed by atoms with Crippen molar-refractivity contribution < 1.29 is 9.84 Å². The van der Waals surface area contributed by atoms with Crippen molar-refractivity contribution in [3.05, 3.63) is 63.5 Å². The van der Waals surface area contributed by atoms with E-state index in [1.54, 1.807) is 0 Å². The molecule has 1 N–H and O–H groups in total. The number of rotatable bonds is 3. The maximum absolute atomic E-state index is 11.4. The Bertz CT molecular complexity index is 1090. The number of aliphatic hydroxyl groups is 1. The van der Waals surface area contributed by atoms with E-state index in [1.165, 1.54) is 53.6 Å². The Hall–Kier alpha value is -1.71. The van der Waals surface area contributed by atoms with E-state index >= 15 is 0 Å². The van der Waals surface area contributed by atoms with Crippen LogP contribution >= 0.6 is 0 Å². The topological polar surface area (TPSA) is 42.4 Å². The van der Waals surface area contributed by atoms with Crippen molar-refractivity contribution in [3.8, 4) is 0 Å². The predicted octanol–water partition coefficient (Wildman–Crippen LogP) is 7.15. The molecule has 1 aromatic carbocycles. The number of fused-ring (bicyclic) bond motifs is 4. The minimum atomic E-state index is -0.455. The number of aliphatic hydroxyl groups excluding tert-OH is 1. The number of hydrogen-bond acceptors (Lipinski definition) is 3. The van der Waals surface area contributed by atoms with Crippen LogP contribution in [-0.2, 0) is 22.2 Å². The summed E-state index contributed by atoms with van der Waals surface area (Å²) in [7, 11) is 0. The molecular formula is C30H39NO2. The van der Waals surface area contributed by atoms with Crippen molar-refractivity contribution in [2.75, 3.05) is 0 Å². The fourth-order valence-corrected chi connectivity index (χ4v) is 6.95. The maximum Gasteiger partial charge on any atom is 0.111 e. The lowest BCUT2D eigenvalue weighted by atomic mass is 9.70. The van der Waals surface area contributed by atoms with Crippen LogP contribution in [-0.4, -0.2) is 10.1 Å². The summed E-state index contributed by atoms with van der Waals surface area (Å²) in [4.78, 5) is 5.29. The Morgan fingerprint density at radius 3 is 2.24 bits per heavy atom. The van der Waals surface area contributed by atoms with Crippen LogP contribution in [0.5, 0.6) is 0 Å². The molecule has 33 heavy (non-hydrogen) atoms. The van der Waals surface area contributed by atoms with E-state index in [9.17, 15) is 5.11 Å². The van der Waals surface area contributed by atoms with Crippen LogP contribution in [0.15, 0.2) is 24.3 Å². The molecule has 0 amide bonds. The zero-order valence-electron chi connectivity index (χ0n) is 21.0. The molecule has 2 aromatic rings. The summed E-state index contributed by atoms with van der Waals surface area (Å²) in [6.45, 7) is 11.4. The number of aromatic nitrogens is 1. The molecule has 2 atom stereocenters. The van der Waals surface area contributed by atoms with Gasteiger partial charge in [0.1, 0.15) is 6.10 Å². The Morgan fingerprint density at radius 1 is 0.970 bits per heavy atom. The standard InChI is InChI=1S/C30H39NO2/c1-18(2)26-24-25(23-21(31-26)16-28(3,4)17-22(23)32)30(12-6-7-13-30)33-27(24)19-8-10-20(11-9-19)29(5)14-15-29/h8-11,18,22,27,32H,6-7,12-17H2,1-5H3. The molecule has 4 aliphatic rings. The van der Waals surface area contributed by atoms with E-state index in [-0.39, 0.29) is 17.1 Å². The minimum absolute atomic E-state index is 0.0678. The highest BCUT2D eigenvalue weighted by molar-refractivity contribution is 5.54. The molecule has 0 bridgehead atoms. The van der Waals surface area contributed by atoms with Crippen molar-refractivity contribution in [1.82, 2.24) is 4.98 Å². The first-order chi connectivity index (χ1) is 15.6. The van der Waals surface area contributed by atoms with E-state index in [0.29, 0.717) is 11.3 Å². The third-order valence-electron chi connectivity index (χ3n) is 9.04. The summed E-state index contributed by atoms with van der Waals surface area (Å²) in [6, 6.07) is 9.24. The van der Waals surface area contributed by atoms with Crippen LogP contribution in [0.3, 0.4) is 0 Å². The summed E-state index contributed by atoms with van der Waals surface area (Å²) < 4.78 is 7.11. The van der Waals surface area contributed by atoms with Crippen molar-refractivity contribution in [1.29, 1.82) is 0 Å². The highest BCUT2D eigenvalue weighted by Crippen LogP contribution is 2.59. The second-order valence-corrected chi connectivity index (χ2v) is 12.7. The quantitative estimate of drug-likeness (QED) is 0.545. The first-order valence-electron chi connectivity index (χ1n) is 13.2. The maximum atomic E-state index is 11.4. The molecule has 3 aliphatic carbocycles. The van der Waals surface area contributed by atoms with Gasteiger partial charge in [-0.15, -0.1) is 0 Å². The van der Waals surface area contributed by atoms with Gasteiger partial charge in [0.25, 0.3) is 0 Å². The van der Waals surface area contributed by atoms with Gasteiger partial charge in [-0.1, -0.05) is 71.7 Å². The van der Waals surface area contributed by atoms with E-state index in [0.717, 1.165) is 36.9 Å². The average molecular weight is 446 g/mol. The van der Waals surface area contributed by atoms with Crippen molar-refractivity contribution in [2.45, 2.75) is 115 Å². The Balaban J connectivity index is 1.55. The van der Waals surface area contributed by atoms with Crippen molar-refractivity contribution >= 4 is 0 Å². The number of hydrogen-bond donors (Lipinski definition) is 1. The lowest BCUT2D eigenvalue weighted by Crippen LogP contribution is -2.32. The normalized spacial score (nSPS) is 28.2. The van der Waals surface area contributed by atoms with Gasteiger partial charge in [-0.05, 0) is 72.0 Å². The van der Waals surface area contributed by atoms with Crippen LogP contribution in [0.4, 0.5) is 0 Å². The van der Waals surface area contributed by atoms with Crippen molar-refractivity contribution in [2.24, 2.45) is 5.41 Å². The zero-order valence-corrected chi connectivity index (χ0v) is 21.0. The van der Waals surface area contributed by atoms with Gasteiger partial charge in [-0.3, -0.25) is 4.98 Å². The molecule has 1 aliphatic heterocycles. The lowest BCUT2D eigenvalue weighted by Gasteiger charge is -2.38. The number of ether oxygens (including phenoxy) is 1. The fourth-order valence-electron chi connectivity index (χ4n) is 6.95. The molecule has 0 radical (unpaired) electrons. The third-order valence-corrected chi connectivity index (χ3v) is 9.04. The average Bonchev–Trinajstić information content (AvgIpc) is 3.20. The first-order valence-corrected chi connectivity index (χ1v) is 13.2. The molecule has 3 nitrogen and oxygen atoms in total. The van der Waals surface area contributed by atoms with E-state index < -0.39 is 6.10 Å². The van der Waals surface area contributed by atoms with Gasteiger partial charge in [-0.2, -0.15) is 0 Å². The molecule has 2 fully saturated rings. The molecule has 2 saturated carbocycles. The third kappa shape index (κ3) is 3.33. The van der Waals surface area contributed by atoms with Crippen LogP contribution in [0, 0.1) is 5.41 Å². The molecule has 3 heteroatoms. The second-order valence-electron chi connectivity index (χ2n) is 12.7. The highest BCUT2D eigenvalue weighted by Gasteiger charge is 2.52. The summed E-state index contributed by atoms with van der Waals surface area (Å²) in [5.41, 5.74) is 8.87. The van der Waals surface area contributed by atoms with Gasteiger partial charge in [0, 0.05) is 22.5 Å². The van der Waals surface area contributed by atoms with Gasteiger partial charge in [0.15, 0.2) is 0 Å². The molecular weight excluding hydrogens is 406 g/mol. The molecule has 2 unspecified atom stereocenters. The summed E-state index contributed by atoms with van der Waals surface area (Å²) >= 11 is 0. The van der Waals surface area contributed by atoms with Crippen LogP contribution in [0.2, 0.25) is 0 Å². The molecule has 0 saturated heterocycles. The summed E-state index contributed by atoms with van der Waals surface area (Å²) in [5, 5.41) is 11.4. The van der Waals surface area contributed by atoms with Crippen LogP contribution in [0.25, 0.3) is 0 Å². The summed E-state index contributed by atoms with van der Waals surface area (Å²) in [6.07, 6.45) is 8.26. The molecule has 2 heterocycles. The van der Waals surface area contributed by atoms with E-state index in [4.69, 9.17) is 9.72 Å². The Morgan fingerprint density at radius 2 is 1.64 bits per heavy atom. The fraction of sp³-hybridized carbons (Fsp3) is 0.633. The molecule has 1 spiro atoms. The number of nitrogens with zero attached hydrogens (tertiary/aromatic N) is 1. The second kappa shape index (κ2) is 7.15. The number of pyridine rings is 1. The minimum Gasteiger partial charge on any atom is -0.388 e. The van der Waals surface area contributed by atoms with E-state index in [1.807, 2.05) is 0 Å². The van der Waals surface area contributed by atoms with Crippen LogP contribution in [0.1, 0.15) is 137 Å². The number of benzene rings is 1. The lowest BCUT2D eigenvalue weighted by molar-refractivity contribution is -0.0580. The smallest absolute Gasteiger partial charge is 0.111 e. The SMILES string of the molecule is CC(C)c1nc2c(c3c1C(c1ccc(C4(C)CC4)cc1)OC31CCCC1)C(O)CC(C)(C)C2. The Labute approximate surface area is 199 Å². The Kier molecular flexibility index (Phi) is 4.72. The van der Waals surface area contributed by atoms with Gasteiger partial charge >= 0.3 is 0 Å². The van der Waals surface area contributed by atoms with Gasteiger partial charge in [0.05, 0.1) is 11.7 Å². The van der Waals surface area contributed by atoms with Crippen LogP contribution < -0.4 is 0 Å². The van der Waals surface area contributed by atoms with Gasteiger partial charge < -0.3 is 9.84 Å². The van der Waals surface area contributed by atoms with Gasteiger partial charge in [0.2, 0.25) is 0 Å². The highest BCUT2D eigenvalue weighted by atomic mass is 16.5. The van der Waals surface area contributed by atoms with Crippen molar-refractivity contribution in [3.63, 3.8) is 0 Å². The largest absolute Gasteiger partial charge is 0.388 e. The van der Waals surface area contributed by atoms with Gasteiger partial charge in [-0.25, -0.2) is 0 Å². The zero-order chi connectivity index (χ0) is 23.2.